The Morgan fingerprint density at radius 3 is 2.72 bits per heavy atom. The molecule has 0 fully saturated rings. The van der Waals surface area contributed by atoms with Crippen LogP contribution in [-0.2, 0) is 11.3 Å². The van der Waals surface area contributed by atoms with Gasteiger partial charge in [0.2, 0.25) is 0 Å². The largest absolute Gasteiger partial charge is 0.383 e. The van der Waals surface area contributed by atoms with Gasteiger partial charge >= 0.3 is 6.03 Å². The number of aryl methyl sites for hydroxylation is 1. The van der Waals surface area contributed by atoms with Crippen molar-refractivity contribution in [1.82, 2.24) is 4.57 Å². The first-order valence-corrected chi connectivity index (χ1v) is 8.37. The van der Waals surface area contributed by atoms with E-state index in [1.54, 1.807) is 19.2 Å². The number of amides is 2. The second kappa shape index (κ2) is 7.59. The van der Waals surface area contributed by atoms with Crippen LogP contribution in [0.25, 0.3) is 10.9 Å². The molecule has 0 aliphatic heterocycles. The number of nitrogens with one attached hydrogen (secondary N) is 2. The number of carbonyl (C=O) groups excluding carboxylic acids is 1. The van der Waals surface area contributed by atoms with Gasteiger partial charge in [0.1, 0.15) is 0 Å². The van der Waals surface area contributed by atoms with Gasteiger partial charge in [0, 0.05) is 35.9 Å². The number of anilines is 2. The number of nitrogens with zero attached hydrogens (tertiary/aromatic N) is 1. The number of aromatic nitrogens is 1. The van der Waals surface area contributed by atoms with E-state index in [9.17, 15) is 4.79 Å². The molecule has 0 aliphatic rings. The van der Waals surface area contributed by atoms with Crippen molar-refractivity contribution in [3.8, 4) is 0 Å². The lowest BCUT2D eigenvalue weighted by atomic mass is 10.2. The van der Waals surface area contributed by atoms with Gasteiger partial charge < -0.3 is 19.9 Å². The van der Waals surface area contributed by atoms with Gasteiger partial charge in [-0.2, -0.15) is 0 Å². The Balaban J connectivity index is 1.82. The summed E-state index contributed by atoms with van der Waals surface area (Å²) in [5, 5.41) is 7.33. The Morgan fingerprint density at radius 1 is 1.16 bits per heavy atom. The average Bonchev–Trinajstić information content (AvgIpc) is 2.94. The number of para-hydroxylation sites is 1. The highest BCUT2D eigenvalue weighted by Crippen LogP contribution is 2.26. The molecular formula is C19H20ClN3O2. The summed E-state index contributed by atoms with van der Waals surface area (Å²) in [6, 6.07) is 13.0. The number of rotatable bonds is 5. The number of carbonyl (C=O) groups is 1. The summed E-state index contributed by atoms with van der Waals surface area (Å²) in [6.45, 7) is 3.24. The molecule has 2 N–H and O–H groups in total. The van der Waals surface area contributed by atoms with Crippen LogP contribution in [0, 0.1) is 6.92 Å². The van der Waals surface area contributed by atoms with Crippen molar-refractivity contribution in [2.45, 2.75) is 13.5 Å². The van der Waals surface area contributed by atoms with Crippen LogP contribution in [0.3, 0.4) is 0 Å². The maximum atomic E-state index is 12.4. The average molecular weight is 358 g/mol. The first-order chi connectivity index (χ1) is 12.1. The predicted octanol–water partition coefficient (Wildman–Crippen LogP) is 4.89. The third kappa shape index (κ3) is 3.95. The van der Waals surface area contributed by atoms with E-state index in [0.29, 0.717) is 23.9 Å². The standard InChI is InChI=1S/C19H20ClN3O2/c1-13-7-8-14(20)11-16(13)21-19(24)22-17-12-23(9-10-25-2)18-6-4-3-5-15(17)18/h3-8,11-12H,9-10H2,1-2H3,(H2,21,22,24). The topological polar surface area (TPSA) is 55.3 Å². The van der Waals surface area contributed by atoms with Crippen molar-refractivity contribution in [3.05, 3.63) is 59.2 Å². The summed E-state index contributed by atoms with van der Waals surface area (Å²) in [4.78, 5) is 12.4. The van der Waals surface area contributed by atoms with Crippen LogP contribution in [0.5, 0.6) is 0 Å². The van der Waals surface area contributed by atoms with Crippen LogP contribution >= 0.6 is 11.6 Å². The molecule has 0 atom stereocenters. The molecule has 0 unspecified atom stereocenters. The molecule has 2 aromatic carbocycles. The molecule has 0 radical (unpaired) electrons. The second-order valence-electron chi connectivity index (χ2n) is 5.78. The molecule has 3 aromatic rings. The Labute approximate surface area is 151 Å². The number of benzene rings is 2. The maximum absolute atomic E-state index is 12.4. The van der Waals surface area contributed by atoms with E-state index in [0.717, 1.165) is 22.2 Å². The molecule has 6 heteroatoms. The number of ether oxygens (including phenoxy) is 1. The molecule has 2 amide bonds. The first kappa shape index (κ1) is 17.3. The van der Waals surface area contributed by atoms with Gasteiger partial charge in [-0.1, -0.05) is 35.9 Å². The molecule has 0 saturated heterocycles. The summed E-state index contributed by atoms with van der Waals surface area (Å²) in [5.41, 5.74) is 3.44. The molecule has 3 rings (SSSR count). The van der Waals surface area contributed by atoms with E-state index in [1.807, 2.05) is 43.5 Å². The lowest BCUT2D eigenvalue weighted by Gasteiger charge is -2.09. The highest BCUT2D eigenvalue weighted by molar-refractivity contribution is 6.31. The summed E-state index contributed by atoms with van der Waals surface area (Å²) < 4.78 is 7.22. The number of urea groups is 1. The van der Waals surface area contributed by atoms with Crippen molar-refractivity contribution >= 4 is 39.9 Å². The van der Waals surface area contributed by atoms with Crippen LogP contribution < -0.4 is 10.6 Å². The molecule has 0 bridgehead atoms. The fourth-order valence-corrected chi connectivity index (χ4v) is 2.90. The fourth-order valence-electron chi connectivity index (χ4n) is 2.73. The predicted molar refractivity (Wildman–Crippen MR) is 103 cm³/mol. The van der Waals surface area contributed by atoms with E-state index >= 15 is 0 Å². The number of fused-ring (bicyclic) bond motifs is 1. The summed E-state index contributed by atoms with van der Waals surface area (Å²) >= 11 is 6.00. The van der Waals surface area contributed by atoms with Crippen molar-refractivity contribution in [2.75, 3.05) is 24.4 Å². The minimum absolute atomic E-state index is 0.306. The van der Waals surface area contributed by atoms with Crippen LogP contribution in [0.15, 0.2) is 48.7 Å². The Morgan fingerprint density at radius 2 is 1.92 bits per heavy atom. The fraction of sp³-hybridized carbons (Fsp3) is 0.211. The van der Waals surface area contributed by atoms with Crippen LogP contribution in [0.4, 0.5) is 16.2 Å². The minimum atomic E-state index is -0.306. The van der Waals surface area contributed by atoms with Crippen LogP contribution in [0.2, 0.25) is 5.02 Å². The molecule has 25 heavy (non-hydrogen) atoms. The van der Waals surface area contributed by atoms with Gasteiger partial charge in [0.05, 0.1) is 17.8 Å². The molecule has 0 aliphatic carbocycles. The number of hydrogen-bond acceptors (Lipinski definition) is 2. The third-order valence-electron chi connectivity index (χ3n) is 4.02. The quantitative estimate of drug-likeness (QED) is 0.682. The van der Waals surface area contributed by atoms with E-state index in [1.165, 1.54) is 0 Å². The molecule has 0 saturated carbocycles. The number of halogens is 1. The van der Waals surface area contributed by atoms with Crippen LogP contribution in [-0.4, -0.2) is 24.3 Å². The zero-order valence-electron chi connectivity index (χ0n) is 14.2. The second-order valence-corrected chi connectivity index (χ2v) is 6.22. The van der Waals surface area contributed by atoms with Gasteiger partial charge in [0.25, 0.3) is 0 Å². The zero-order valence-corrected chi connectivity index (χ0v) is 14.9. The van der Waals surface area contributed by atoms with Crippen molar-refractivity contribution in [3.63, 3.8) is 0 Å². The summed E-state index contributed by atoms with van der Waals surface area (Å²) in [7, 11) is 1.67. The molecular weight excluding hydrogens is 338 g/mol. The van der Waals surface area contributed by atoms with E-state index in [4.69, 9.17) is 16.3 Å². The van der Waals surface area contributed by atoms with Gasteiger partial charge in [-0.05, 0) is 30.7 Å². The van der Waals surface area contributed by atoms with Crippen molar-refractivity contribution < 1.29 is 9.53 Å². The van der Waals surface area contributed by atoms with Gasteiger partial charge in [-0.15, -0.1) is 0 Å². The lowest BCUT2D eigenvalue weighted by molar-refractivity contribution is 0.188. The van der Waals surface area contributed by atoms with Gasteiger partial charge in [0.15, 0.2) is 0 Å². The van der Waals surface area contributed by atoms with Crippen molar-refractivity contribution in [2.24, 2.45) is 0 Å². The first-order valence-electron chi connectivity index (χ1n) is 7.99. The van der Waals surface area contributed by atoms with E-state index in [-0.39, 0.29) is 6.03 Å². The Hall–Kier alpha value is -2.50. The smallest absolute Gasteiger partial charge is 0.323 e. The summed E-state index contributed by atoms with van der Waals surface area (Å²) in [6.07, 6.45) is 1.92. The Bertz CT molecular complexity index is 905. The SMILES string of the molecule is COCCn1cc(NC(=O)Nc2cc(Cl)ccc2C)c2ccccc21. The van der Waals surface area contributed by atoms with Crippen molar-refractivity contribution in [1.29, 1.82) is 0 Å². The van der Waals surface area contributed by atoms with Crippen LogP contribution in [0.1, 0.15) is 5.56 Å². The molecule has 130 valence electrons. The summed E-state index contributed by atoms with van der Waals surface area (Å²) in [5.74, 6) is 0. The number of methoxy groups -OCH3 is 1. The van der Waals surface area contributed by atoms with E-state index < -0.39 is 0 Å². The highest BCUT2D eigenvalue weighted by atomic mass is 35.5. The molecule has 1 aromatic heterocycles. The van der Waals surface area contributed by atoms with E-state index in [2.05, 4.69) is 15.2 Å². The molecule has 0 spiro atoms. The zero-order chi connectivity index (χ0) is 17.8. The molecule has 1 heterocycles. The normalized spacial score (nSPS) is 10.8. The third-order valence-corrected chi connectivity index (χ3v) is 4.26. The number of hydrogen-bond donors (Lipinski definition) is 2. The minimum Gasteiger partial charge on any atom is -0.383 e. The maximum Gasteiger partial charge on any atom is 0.323 e. The monoisotopic (exact) mass is 357 g/mol. The van der Waals surface area contributed by atoms with Gasteiger partial charge in [-0.25, -0.2) is 4.79 Å². The molecule has 5 nitrogen and oxygen atoms in total. The lowest BCUT2D eigenvalue weighted by Crippen LogP contribution is -2.19. The Kier molecular flexibility index (Phi) is 5.26. The highest BCUT2D eigenvalue weighted by Gasteiger charge is 2.11. The van der Waals surface area contributed by atoms with Gasteiger partial charge in [-0.3, -0.25) is 0 Å².